The van der Waals surface area contributed by atoms with Gasteiger partial charge in [0.25, 0.3) is 0 Å². The van der Waals surface area contributed by atoms with Gasteiger partial charge in [-0.1, -0.05) is 24.3 Å². The molecule has 34 heavy (non-hydrogen) atoms. The van der Waals surface area contributed by atoms with Crippen molar-refractivity contribution in [1.29, 1.82) is 0 Å². The Morgan fingerprint density at radius 1 is 0.912 bits per heavy atom. The third-order valence-corrected chi connectivity index (χ3v) is 6.09. The van der Waals surface area contributed by atoms with Crippen LogP contribution in [0.4, 0.5) is 24.5 Å². The number of nitrogens with one attached hydrogen (secondary N) is 1. The molecule has 0 spiro atoms. The van der Waals surface area contributed by atoms with Crippen molar-refractivity contribution < 1.29 is 23.1 Å². The van der Waals surface area contributed by atoms with Gasteiger partial charge >= 0.3 is 12.1 Å². The minimum atomic E-state index is -4.46. The molecule has 2 aromatic heterocycles. The molecule has 5 nitrogen and oxygen atoms in total. The zero-order valence-electron chi connectivity index (χ0n) is 18.8. The molecule has 1 fully saturated rings. The molecule has 1 saturated carbocycles. The van der Waals surface area contributed by atoms with Gasteiger partial charge in [-0.05, 0) is 67.3 Å². The average molecular weight is 478 g/mol. The average Bonchev–Trinajstić information content (AvgIpc) is 2.80. The van der Waals surface area contributed by atoms with E-state index in [0.717, 1.165) is 49.2 Å². The summed E-state index contributed by atoms with van der Waals surface area (Å²) in [5, 5.41) is 12.0. The molecule has 0 atom stereocenters. The third-order valence-electron chi connectivity index (χ3n) is 6.09. The van der Waals surface area contributed by atoms with Crippen molar-refractivity contribution in [3.63, 3.8) is 0 Å². The van der Waals surface area contributed by atoms with Gasteiger partial charge < -0.3 is 10.4 Å². The zero-order valence-corrected chi connectivity index (χ0v) is 20.8. The van der Waals surface area contributed by atoms with Crippen LogP contribution in [0.2, 0.25) is 0 Å². The number of carboxylic acid groups (broad SMARTS) is 1. The van der Waals surface area contributed by atoms with Gasteiger partial charge in [-0.25, -0.2) is 4.98 Å². The molecule has 0 unspecified atom stereocenters. The quantitative estimate of drug-likeness (QED) is 0.408. The molecular weight excluding hydrogens is 454 g/mol. The predicted molar refractivity (Wildman–Crippen MR) is 125 cm³/mol. The van der Waals surface area contributed by atoms with Crippen molar-refractivity contribution in [2.45, 2.75) is 44.2 Å². The Bertz CT molecular complexity index is 1080. The van der Waals surface area contributed by atoms with Crippen LogP contribution in [0.25, 0.3) is 11.3 Å². The fraction of sp³-hybridized carbons (Fsp3) is 0.320. The summed E-state index contributed by atoms with van der Waals surface area (Å²) in [6.45, 7) is 0. The van der Waals surface area contributed by atoms with Crippen LogP contribution in [-0.2, 0) is 11.0 Å². The first-order chi connectivity index (χ1) is 15.8. The molecule has 1 radical (unpaired) electrons. The molecule has 0 saturated heterocycles. The van der Waals surface area contributed by atoms with Gasteiger partial charge in [0, 0.05) is 41.5 Å². The molecule has 0 amide bonds. The largest absolute Gasteiger partial charge is 0.481 e. The Balaban J connectivity index is 0.00000324. The normalized spacial score (nSPS) is 18.1. The fourth-order valence-electron chi connectivity index (χ4n) is 4.31. The standard InChI is InChI=1S/C25H24F3N3O2.Na/c26-25(27,28)23-12-10-21(15-30-23)31-20-9-11-22(29-14-20)19-7-5-18(6-8-19)17-3-1-16(2-4-17)13-24(32)33;/h5-12,14-17,31H,1-4,13H2,(H,32,33);. The number of aromatic nitrogens is 2. The molecule has 0 aliphatic heterocycles. The number of benzene rings is 1. The van der Waals surface area contributed by atoms with Gasteiger partial charge in [0.1, 0.15) is 5.69 Å². The number of nitrogens with zero attached hydrogens (tertiary/aromatic N) is 2. The molecule has 4 rings (SSSR count). The number of rotatable bonds is 6. The maximum absolute atomic E-state index is 12.6. The molecule has 2 heterocycles. The van der Waals surface area contributed by atoms with Crippen LogP contribution in [-0.4, -0.2) is 50.6 Å². The monoisotopic (exact) mass is 478 g/mol. The van der Waals surface area contributed by atoms with Crippen LogP contribution in [0.3, 0.4) is 0 Å². The number of alkyl halides is 3. The molecule has 0 bridgehead atoms. The first-order valence-corrected chi connectivity index (χ1v) is 10.9. The fourth-order valence-corrected chi connectivity index (χ4v) is 4.31. The van der Waals surface area contributed by atoms with E-state index in [1.54, 1.807) is 6.20 Å². The van der Waals surface area contributed by atoms with Crippen LogP contribution in [0.1, 0.15) is 49.3 Å². The Morgan fingerprint density at radius 3 is 2.03 bits per heavy atom. The van der Waals surface area contributed by atoms with E-state index in [2.05, 4.69) is 27.4 Å². The van der Waals surface area contributed by atoms with E-state index in [4.69, 9.17) is 5.11 Å². The number of carbonyl (C=O) groups is 1. The summed E-state index contributed by atoms with van der Waals surface area (Å²) in [6, 6.07) is 14.2. The molecule has 3 aromatic rings. The molecule has 9 heteroatoms. The van der Waals surface area contributed by atoms with Crippen LogP contribution < -0.4 is 5.32 Å². The van der Waals surface area contributed by atoms with Crippen molar-refractivity contribution in [3.8, 4) is 11.3 Å². The molecule has 173 valence electrons. The van der Waals surface area contributed by atoms with E-state index in [-0.39, 0.29) is 41.9 Å². The molecule has 1 aromatic carbocycles. The number of halogens is 3. The maximum Gasteiger partial charge on any atom is 0.433 e. The van der Waals surface area contributed by atoms with Gasteiger partial charge in [-0.2, -0.15) is 13.2 Å². The minimum Gasteiger partial charge on any atom is -0.481 e. The summed E-state index contributed by atoms with van der Waals surface area (Å²) in [5.41, 5.74) is 3.19. The first-order valence-electron chi connectivity index (χ1n) is 10.9. The Labute approximate surface area is 218 Å². The van der Waals surface area contributed by atoms with Gasteiger partial charge in [0.2, 0.25) is 0 Å². The molecule has 2 N–H and O–H groups in total. The van der Waals surface area contributed by atoms with E-state index in [0.29, 0.717) is 17.3 Å². The van der Waals surface area contributed by atoms with E-state index in [1.165, 1.54) is 11.6 Å². The Morgan fingerprint density at radius 2 is 1.53 bits per heavy atom. The SMILES string of the molecule is O=C(O)CC1CCC(c2ccc(-c3ccc(Nc4ccc(C(F)(F)F)nc4)cn3)cc2)CC1.[Na]. The van der Waals surface area contributed by atoms with Crippen LogP contribution in [0.15, 0.2) is 60.9 Å². The number of hydrogen-bond acceptors (Lipinski definition) is 4. The summed E-state index contributed by atoms with van der Waals surface area (Å²) in [7, 11) is 0. The Kier molecular flexibility index (Phi) is 8.73. The first kappa shape index (κ1) is 26.2. The van der Waals surface area contributed by atoms with Gasteiger partial charge in [-0.15, -0.1) is 0 Å². The topological polar surface area (TPSA) is 75.1 Å². The summed E-state index contributed by atoms with van der Waals surface area (Å²) < 4.78 is 37.9. The van der Waals surface area contributed by atoms with Crippen LogP contribution in [0.5, 0.6) is 0 Å². The number of pyridine rings is 2. The van der Waals surface area contributed by atoms with Crippen molar-refractivity contribution in [2.24, 2.45) is 5.92 Å². The van der Waals surface area contributed by atoms with E-state index in [1.807, 2.05) is 24.3 Å². The summed E-state index contributed by atoms with van der Waals surface area (Å²) in [5.74, 6) is 0.0289. The second-order valence-corrected chi connectivity index (χ2v) is 8.42. The van der Waals surface area contributed by atoms with Crippen LogP contribution in [0, 0.1) is 5.92 Å². The molecular formula is C25H24F3N3NaO2. The second-order valence-electron chi connectivity index (χ2n) is 8.42. The van der Waals surface area contributed by atoms with Crippen LogP contribution >= 0.6 is 0 Å². The van der Waals surface area contributed by atoms with E-state index >= 15 is 0 Å². The number of anilines is 2. The van der Waals surface area contributed by atoms with Gasteiger partial charge in [-0.3, -0.25) is 9.78 Å². The number of carboxylic acids is 1. The molecule has 1 aliphatic rings. The van der Waals surface area contributed by atoms with E-state index in [9.17, 15) is 18.0 Å². The van der Waals surface area contributed by atoms with Gasteiger partial charge in [0.05, 0.1) is 29.5 Å². The number of aliphatic carboxylic acids is 1. The summed E-state index contributed by atoms with van der Waals surface area (Å²) in [6.07, 6.45) is 2.49. The van der Waals surface area contributed by atoms with Crippen molar-refractivity contribution >= 4 is 46.9 Å². The Hall–Kier alpha value is -2.42. The molecule has 1 aliphatic carbocycles. The predicted octanol–water partition coefficient (Wildman–Crippen LogP) is 6.27. The smallest absolute Gasteiger partial charge is 0.433 e. The van der Waals surface area contributed by atoms with Gasteiger partial charge in [0.15, 0.2) is 0 Å². The second kappa shape index (κ2) is 11.3. The third kappa shape index (κ3) is 6.81. The van der Waals surface area contributed by atoms with Crippen molar-refractivity contribution in [2.75, 3.05) is 5.32 Å². The zero-order chi connectivity index (χ0) is 23.4. The van der Waals surface area contributed by atoms with E-state index < -0.39 is 17.8 Å². The van der Waals surface area contributed by atoms with Crippen molar-refractivity contribution in [3.05, 3.63) is 72.2 Å². The summed E-state index contributed by atoms with van der Waals surface area (Å²) >= 11 is 0. The summed E-state index contributed by atoms with van der Waals surface area (Å²) in [4.78, 5) is 18.8. The maximum atomic E-state index is 12.6. The minimum absolute atomic E-state index is 0. The number of hydrogen-bond donors (Lipinski definition) is 2. The van der Waals surface area contributed by atoms with Crippen molar-refractivity contribution in [1.82, 2.24) is 9.97 Å².